The zero-order chi connectivity index (χ0) is 27.8. The second kappa shape index (κ2) is 10.7. The smallest absolute Gasteiger partial charge is 0.258 e. The van der Waals surface area contributed by atoms with Crippen LogP contribution in [0.2, 0.25) is 0 Å². The first-order valence-corrected chi connectivity index (χ1v) is 13.6. The first-order chi connectivity index (χ1) is 19.4. The summed E-state index contributed by atoms with van der Waals surface area (Å²) in [5, 5.41) is 2.69. The summed E-state index contributed by atoms with van der Waals surface area (Å²) >= 11 is 0. The first-order valence-electron chi connectivity index (χ1n) is 13.6. The van der Waals surface area contributed by atoms with Gasteiger partial charge in [0.1, 0.15) is 0 Å². The third-order valence-electron chi connectivity index (χ3n) is 7.86. The summed E-state index contributed by atoms with van der Waals surface area (Å²) in [6.45, 7) is 1.18. The van der Waals surface area contributed by atoms with Crippen LogP contribution in [0, 0.1) is 0 Å². The van der Waals surface area contributed by atoms with Crippen molar-refractivity contribution in [3.63, 3.8) is 0 Å². The average molecular weight is 541 g/mol. The standard InChI is InChI=1S/C31H32N4O5/c1-39-27-11-10-23(14-28(27)40-24-4-2-3-5-24)35-18-21-7-6-19(12-25(21)31(35)38)16-34-17-20-8-9-22(33-29(36)15-32)13-26(20)30(34)37/h6-14,24H,2-5,15-18,32H2,1H3,(H,33,36). The first kappa shape index (κ1) is 25.9. The monoisotopic (exact) mass is 540 g/mol. The van der Waals surface area contributed by atoms with Gasteiger partial charge in [-0.2, -0.15) is 0 Å². The van der Waals surface area contributed by atoms with E-state index in [2.05, 4.69) is 5.32 Å². The van der Waals surface area contributed by atoms with Crippen molar-refractivity contribution in [3.8, 4) is 11.5 Å². The quantitative estimate of drug-likeness (QED) is 0.442. The predicted molar refractivity (Wildman–Crippen MR) is 151 cm³/mol. The van der Waals surface area contributed by atoms with Gasteiger partial charge in [0, 0.05) is 41.7 Å². The van der Waals surface area contributed by atoms with Crippen molar-refractivity contribution in [3.05, 3.63) is 82.4 Å². The van der Waals surface area contributed by atoms with E-state index in [0.717, 1.165) is 48.1 Å². The fourth-order valence-corrected chi connectivity index (χ4v) is 5.77. The summed E-state index contributed by atoms with van der Waals surface area (Å²) in [6, 6.07) is 16.8. The summed E-state index contributed by atoms with van der Waals surface area (Å²) in [7, 11) is 1.62. The van der Waals surface area contributed by atoms with Crippen molar-refractivity contribution in [1.29, 1.82) is 0 Å². The van der Waals surface area contributed by atoms with E-state index < -0.39 is 0 Å². The number of amides is 3. The molecule has 3 aliphatic rings. The van der Waals surface area contributed by atoms with Crippen LogP contribution in [-0.4, -0.2) is 42.4 Å². The van der Waals surface area contributed by atoms with Crippen molar-refractivity contribution < 1.29 is 23.9 Å². The highest BCUT2D eigenvalue weighted by molar-refractivity contribution is 6.10. The molecule has 0 radical (unpaired) electrons. The van der Waals surface area contributed by atoms with Crippen LogP contribution in [0.15, 0.2) is 54.6 Å². The van der Waals surface area contributed by atoms with Crippen LogP contribution < -0.4 is 25.4 Å². The van der Waals surface area contributed by atoms with Gasteiger partial charge in [0.15, 0.2) is 11.5 Å². The lowest BCUT2D eigenvalue weighted by atomic mass is 10.1. The zero-order valence-corrected chi connectivity index (χ0v) is 22.4. The molecule has 40 heavy (non-hydrogen) atoms. The van der Waals surface area contributed by atoms with Gasteiger partial charge in [0.25, 0.3) is 11.8 Å². The Bertz CT molecular complexity index is 1500. The summed E-state index contributed by atoms with van der Waals surface area (Å²) in [4.78, 5) is 41.8. The Morgan fingerprint density at radius 3 is 2.45 bits per heavy atom. The van der Waals surface area contributed by atoms with Gasteiger partial charge in [-0.1, -0.05) is 18.2 Å². The number of benzene rings is 3. The number of rotatable bonds is 8. The molecule has 6 rings (SSSR count). The van der Waals surface area contributed by atoms with Crippen LogP contribution in [0.3, 0.4) is 0 Å². The molecule has 0 bridgehead atoms. The summed E-state index contributed by atoms with van der Waals surface area (Å²) in [5.41, 5.74) is 10.6. The molecular formula is C31H32N4O5. The van der Waals surface area contributed by atoms with Gasteiger partial charge in [-0.25, -0.2) is 0 Å². The minimum Gasteiger partial charge on any atom is -0.493 e. The number of nitrogens with one attached hydrogen (secondary N) is 1. The fraction of sp³-hybridized carbons (Fsp3) is 0.323. The minimum absolute atomic E-state index is 0.0786. The SMILES string of the molecule is COc1ccc(N2Cc3ccc(CN4Cc5ccc(NC(=O)CN)cc5C4=O)cc3C2=O)cc1OC1CCCC1. The molecule has 1 fully saturated rings. The molecule has 9 nitrogen and oxygen atoms in total. The highest BCUT2D eigenvalue weighted by Gasteiger charge is 2.32. The Morgan fingerprint density at radius 1 is 0.925 bits per heavy atom. The molecule has 0 aromatic heterocycles. The normalized spacial score (nSPS) is 16.4. The average Bonchev–Trinajstić information content (AvgIpc) is 3.67. The Hall–Kier alpha value is -4.37. The highest BCUT2D eigenvalue weighted by atomic mass is 16.5. The molecule has 0 atom stereocenters. The predicted octanol–water partition coefficient (Wildman–Crippen LogP) is 4.23. The maximum absolute atomic E-state index is 13.5. The van der Waals surface area contributed by atoms with E-state index in [4.69, 9.17) is 15.2 Å². The van der Waals surface area contributed by atoms with Crippen molar-refractivity contribution in [2.75, 3.05) is 23.9 Å². The van der Waals surface area contributed by atoms with E-state index in [1.165, 1.54) is 0 Å². The number of ether oxygens (including phenoxy) is 2. The van der Waals surface area contributed by atoms with Gasteiger partial charge in [-0.3, -0.25) is 14.4 Å². The number of carbonyl (C=O) groups excluding carboxylic acids is 3. The number of fused-ring (bicyclic) bond motifs is 2. The van der Waals surface area contributed by atoms with E-state index >= 15 is 0 Å². The minimum atomic E-state index is -0.314. The molecule has 1 aliphatic carbocycles. The summed E-state index contributed by atoms with van der Waals surface area (Å²) in [5.74, 6) is 0.818. The van der Waals surface area contributed by atoms with Gasteiger partial charge in [-0.15, -0.1) is 0 Å². The molecule has 3 amide bonds. The molecule has 1 saturated carbocycles. The van der Waals surface area contributed by atoms with E-state index in [9.17, 15) is 14.4 Å². The molecule has 2 aliphatic heterocycles. The van der Waals surface area contributed by atoms with Crippen molar-refractivity contribution in [1.82, 2.24) is 4.90 Å². The Labute approximate surface area is 232 Å². The van der Waals surface area contributed by atoms with Crippen LogP contribution in [0.5, 0.6) is 11.5 Å². The molecule has 3 N–H and O–H groups in total. The largest absolute Gasteiger partial charge is 0.493 e. The number of anilines is 2. The Balaban J connectivity index is 1.17. The second-order valence-corrected chi connectivity index (χ2v) is 10.5. The van der Waals surface area contributed by atoms with Crippen LogP contribution in [0.25, 0.3) is 0 Å². The van der Waals surface area contributed by atoms with E-state index in [1.807, 2.05) is 42.5 Å². The number of methoxy groups -OCH3 is 1. The molecule has 3 aromatic carbocycles. The van der Waals surface area contributed by atoms with E-state index in [0.29, 0.717) is 47.9 Å². The maximum atomic E-state index is 13.5. The van der Waals surface area contributed by atoms with Gasteiger partial charge in [0.2, 0.25) is 5.91 Å². The number of hydrogen-bond donors (Lipinski definition) is 2. The third kappa shape index (κ3) is 4.88. The second-order valence-electron chi connectivity index (χ2n) is 10.5. The molecule has 3 aromatic rings. The van der Waals surface area contributed by atoms with Gasteiger partial charge in [-0.05, 0) is 72.7 Å². The molecule has 2 heterocycles. The van der Waals surface area contributed by atoms with E-state index in [1.54, 1.807) is 29.0 Å². The molecule has 206 valence electrons. The lowest BCUT2D eigenvalue weighted by Gasteiger charge is -2.20. The van der Waals surface area contributed by atoms with Gasteiger partial charge in [0.05, 0.1) is 26.3 Å². The third-order valence-corrected chi connectivity index (χ3v) is 7.86. The number of carbonyl (C=O) groups is 3. The molecule has 9 heteroatoms. The zero-order valence-electron chi connectivity index (χ0n) is 22.4. The lowest BCUT2D eigenvalue weighted by Crippen LogP contribution is -2.24. The Morgan fingerprint density at radius 2 is 1.68 bits per heavy atom. The maximum Gasteiger partial charge on any atom is 0.258 e. The molecule has 0 spiro atoms. The number of nitrogens with zero attached hydrogens (tertiary/aromatic N) is 2. The molecule has 0 saturated heterocycles. The Kier molecular flexibility index (Phi) is 6.89. The van der Waals surface area contributed by atoms with Crippen LogP contribution in [0.4, 0.5) is 11.4 Å². The highest BCUT2D eigenvalue weighted by Crippen LogP contribution is 2.38. The van der Waals surface area contributed by atoms with Crippen molar-refractivity contribution in [2.24, 2.45) is 5.73 Å². The number of hydrogen-bond acceptors (Lipinski definition) is 6. The summed E-state index contributed by atoms with van der Waals surface area (Å²) in [6.07, 6.45) is 4.56. The molecule has 0 unspecified atom stereocenters. The molecular weight excluding hydrogens is 508 g/mol. The van der Waals surface area contributed by atoms with Crippen molar-refractivity contribution >= 4 is 29.1 Å². The van der Waals surface area contributed by atoms with Crippen LogP contribution in [0.1, 0.15) is 63.1 Å². The van der Waals surface area contributed by atoms with Gasteiger partial charge < -0.3 is 30.3 Å². The topological polar surface area (TPSA) is 114 Å². The number of nitrogens with two attached hydrogens (primary N) is 1. The van der Waals surface area contributed by atoms with Crippen molar-refractivity contribution in [2.45, 2.75) is 51.4 Å². The van der Waals surface area contributed by atoms with Crippen LogP contribution >= 0.6 is 0 Å². The summed E-state index contributed by atoms with van der Waals surface area (Å²) < 4.78 is 11.8. The lowest BCUT2D eigenvalue weighted by molar-refractivity contribution is -0.114. The van der Waals surface area contributed by atoms with Gasteiger partial charge >= 0.3 is 0 Å². The van der Waals surface area contributed by atoms with E-state index in [-0.39, 0.29) is 30.4 Å². The van der Waals surface area contributed by atoms with Crippen LogP contribution in [-0.2, 0) is 24.4 Å². The fourth-order valence-electron chi connectivity index (χ4n) is 5.77.